The van der Waals surface area contributed by atoms with Crippen molar-refractivity contribution in [1.82, 2.24) is 10.2 Å². The minimum absolute atomic E-state index is 0.0177. The van der Waals surface area contributed by atoms with Gasteiger partial charge < -0.3 is 24.6 Å². The fourth-order valence-electron chi connectivity index (χ4n) is 3.90. The summed E-state index contributed by atoms with van der Waals surface area (Å²) >= 11 is 0. The molecule has 0 aliphatic carbocycles. The number of hydrogen-bond acceptors (Lipinski definition) is 7. The summed E-state index contributed by atoms with van der Waals surface area (Å²) < 4.78 is 10.6. The van der Waals surface area contributed by atoms with Crippen LogP contribution in [0.1, 0.15) is 6.42 Å². The number of guanidine groups is 1. The standard InChI is InChI=1S/C22H23N5O4/c28-20-13-17(21(29)23-15-6-7-18-19(12-15)31-14-30-18)24-22(25-20)27-10-8-26(9-11-27)16-4-2-1-3-5-16/h1-7,12,17H,8-11,13-14H2,(H,23,29)(H,24,25,28)/t17-/m0/s1. The van der Waals surface area contributed by atoms with E-state index in [1.807, 2.05) is 23.1 Å². The third kappa shape index (κ3) is 4.11. The number of benzene rings is 2. The van der Waals surface area contributed by atoms with Crippen molar-refractivity contribution in [2.24, 2.45) is 4.99 Å². The number of nitrogens with one attached hydrogen (secondary N) is 2. The molecule has 5 rings (SSSR count). The summed E-state index contributed by atoms with van der Waals surface area (Å²) in [6.07, 6.45) is 0.0177. The van der Waals surface area contributed by atoms with Crippen LogP contribution in [-0.4, -0.2) is 61.7 Å². The average Bonchev–Trinajstić information content (AvgIpc) is 3.27. The van der Waals surface area contributed by atoms with Crippen molar-refractivity contribution < 1.29 is 19.1 Å². The van der Waals surface area contributed by atoms with E-state index in [0.717, 1.165) is 13.1 Å². The van der Waals surface area contributed by atoms with Gasteiger partial charge in [-0.25, -0.2) is 4.99 Å². The Balaban J connectivity index is 1.24. The molecule has 1 atom stereocenters. The number of nitrogens with zero attached hydrogens (tertiary/aromatic N) is 3. The lowest BCUT2D eigenvalue weighted by Gasteiger charge is -2.38. The third-order valence-corrected chi connectivity index (χ3v) is 5.55. The topological polar surface area (TPSA) is 95.5 Å². The monoisotopic (exact) mass is 421 g/mol. The normalized spacial score (nSPS) is 20.2. The number of para-hydroxylation sites is 1. The van der Waals surface area contributed by atoms with E-state index in [9.17, 15) is 9.59 Å². The Kier molecular flexibility index (Phi) is 5.07. The Morgan fingerprint density at radius 2 is 1.74 bits per heavy atom. The summed E-state index contributed by atoms with van der Waals surface area (Å²) in [5.41, 5.74) is 1.76. The first kappa shape index (κ1) is 19.2. The minimum Gasteiger partial charge on any atom is -0.454 e. The maximum Gasteiger partial charge on any atom is 0.249 e. The summed E-state index contributed by atoms with van der Waals surface area (Å²) in [5.74, 6) is 1.16. The lowest BCUT2D eigenvalue weighted by Crippen LogP contribution is -2.56. The van der Waals surface area contributed by atoms with Crippen molar-refractivity contribution in [2.75, 3.05) is 43.2 Å². The van der Waals surface area contributed by atoms with Gasteiger partial charge in [0, 0.05) is 43.6 Å². The van der Waals surface area contributed by atoms with Crippen LogP contribution in [0.2, 0.25) is 0 Å². The highest BCUT2D eigenvalue weighted by molar-refractivity contribution is 6.06. The lowest BCUT2D eigenvalue weighted by molar-refractivity contribution is -0.125. The Morgan fingerprint density at radius 1 is 1.00 bits per heavy atom. The van der Waals surface area contributed by atoms with Crippen molar-refractivity contribution in [3.05, 3.63) is 48.5 Å². The summed E-state index contributed by atoms with van der Waals surface area (Å²) in [6, 6.07) is 14.6. The number of carbonyl (C=O) groups is 2. The number of ether oxygens (including phenoxy) is 2. The fraction of sp³-hybridized carbons (Fsp3) is 0.318. The van der Waals surface area contributed by atoms with Crippen molar-refractivity contribution in [1.29, 1.82) is 0 Å². The zero-order valence-electron chi connectivity index (χ0n) is 16.9. The molecule has 0 bridgehead atoms. The van der Waals surface area contributed by atoms with Crippen LogP contribution in [0, 0.1) is 0 Å². The van der Waals surface area contributed by atoms with Crippen LogP contribution in [0.5, 0.6) is 11.5 Å². The van der Waals surface area contributed by atoms with Crippen LogP contribution in [0.4, 0.5) is 11.4 Å². The number of anilines is 2. The van der Waals surface area contributed by atoms with Crippen LogP contribution in [-0.2, 0) is 9.59 Å². The van der Waals surface area contributed by atoms with Crippen molar-refractivity contribution in [3.8, 4) is 11.5 Å². The van der Waals surface area contributed by atoms with Crippen LogP contribution in [0.25, 0.3) is 0 Å². The predicted molar refractivity (Wildman–Crippen MR) is 115 cm³/mol. The predicted octanol–water partition coefficient (Wildman–Crippen LogP) is 1.42. The maximum absolute atomic E-state index is 12.8. The first-order chi connectivity index (χ1) is 15.2. The van der Waals surface area contributed by atoms with Crippen molar-refractivity contribution in [3.63, 3.8) is 0 Å². The van der Waals surface area contributed by atoms with Crippen LogP contribution in [0.15, 0.2) is 53.5 Å². The largest absolute Gasteiger partial charge is 0.454 e. The second kappa shape index (κ2) is 8.17. The summed E-state index contributed by atoms with van der Waals surface area (Å²) in [7, 11) is 0. The van der Waals surface area contributed by atoms with E-state index in [1.54, 1.807) is 18.2 Å². The van der Waals surface area contributed by atoms with Gasteiger partial charge in [-0.05, 0) is 24.3 Å². The second-order valence-electron chi connectivity index (χ2n) is 7.59. The molecule has 3 aliphatic rings. The van der Waals surface area contributed by atoms with Crippen LogP contribution in [0.3, 0.4) is 0 Å². The van der Waals surface area contributed by atoms with Crippen molar-refractivity contribution >= 4 is 29.1 Å². The third-order valence-electron chi connectivity index (χ3n) is 5.55. The number of fused-ring (bicyclic) bond motifs is 1. The molecule has 2 aromatic carbocycles. The number of aliphatic imine (C=N–C) groups is 1. The zero-order valence-corrected chi connectivity index (χ0v) is 16.9. The van der Waals surface area contributed by atoms with Gasteiger partial charge >= 0.3 is 0 Å². The van der Waals surface area contributed by atoms with Crippen LogP contribution < -0.4 is 25.0 Å². The van der Waals surface area contributed by atoms with Gasteiger partial charge in [-0.2, -0.15) is 0 Å². The van der Waals surface area contributed by atoms with Gasteiger partial charge in [-0.15, -0.1) is 0 Å². The molecule has 2 amide bonds. The zero-order chi connectivity index (χ0) is 21.2. The van der Waals surface area contributed by atoms with E-state index >= 15 is 0 Å². The maximum atomic E-state index is 12.8. The number of hydrogen-bond donors (Lipinski definition) is 2. The van der Waals surface area contributed by atoms with E-state index < -0.39 is 6.04 Å². The molecule has 3 heterocycles. The Bertz CT molecular complexity index is 1020. The first-order valence-electron chi connectivity index (χ1n) is 10.3. The molecule has 0 aromatic heterocycles. The molecule has 3 aliphatic heterocycles. The van der Waals surface area contributed by atoms with Crippen LogP contribution >= 0.6 is 0 Å². The SMILES string of the molecule is O=C1C[C@@H](C(=O)Nc2ccc3c(c2)OCO3)N=C(N2CCN(c3ccccc3)CC2)N1. The molecule has 2 N–H and O–H groups in total. The Morgan fingerprint density at radius 3 is 2.55 bits per heavy atom. The van der Waals surface area contributed by atoms with Crippen molar-refractivity contribution in [2.45, 2.75) is 12.5 Å². The molecule has 1 saturated heterocycles. The highest BCUT2D eigenvalue weighted by Crippen LogP contribution is 2.34. The molecule has 31 heavy (non-hydrogen) atoms. The highest BCUT2D eigenvalue weighted by atomic mass is 16.7. The van der Waals surface area contributed by atoms with Gasteiger partial charge in [0.1, 0.15) is 6.04 Å². The van der Waals surface area contributed by atoms with Gasteiger partial charge in [0.05, 0.1) is 6.42 Å². The number of piperazine rings is 1. The molecule has 0 radical (unpaired) electrons. The molecular weight excluding hydrogens is 398 g/mol. The summed E-state index contributed by atoms with van der Waals surface area (Å²) in [6.45, 7) is 3.22. The van der Waals surface area contributed by atoms with Gasteiger partial charge in [0.25, 0.3) is 0 Å². The molecule has 1 fully saturated rings. The molecule has 0 unspecified atom stereocenters. The fourth-order valence-corrected chi connectivity index (χ4v) is 3.90. The summed E-state index contributed by atoms with van der Waals surface area (Å²) in [4.78, 5) is 33.9. The molecule has 9 heteroatoms. The first-order valence-corrected chi connectivity index (χ1v) is 10.3. The molecule has 9 nitrogen and oxygen atoms in total. The van der Waals surface area contributed by atoms with E-state index in [0.29, 0.717) is 36.2 Å². The lowest BCUT2D eigenvalue weighted by atomic mass is 10.1. The van der Waals surface area contributed by atoms with Gasteiger partial charge in [-0.3, -0.25) is 14.9 Å². The number of amides is 2. The van der Waals surface area contributed by atoms with E-state index in [-0.39, 0.29) is 25.0 Å². The quantitative estimate of drug-likeness (QED) is 0.778. The molecule has 0 spiro atoms. The Labute approximate surface area is 179 Å². The molecular formula is C22H23N5O4. The molecule has 2 aromatic rings. The van der Waals surface area contributed by atoms with Gasteiger partial charge in [0.15, 0.2) is 11.5 Å². The minimum atomic E-state index is -0.777. The van der Waals surface area contributed by atoms with E-state index in [1.165, 1.54) is 5.69 Å². The smallest absolute Gasteiger partial charge is 0.249 e. The molecule has 160 valence electrons. The van der Waals surface area contributed by atoms with E-state index in [4.69, 9.17) is 9.47 Å². The average molecular weight is 421 g/mol. The second-order valence-corrected chi connectivity index (χ2v) is 7.59. The van der Waals surface area contributed by atoms with Gasteiger partial charge in [-0.1, -0.05) is 18.2 Å². The van der Waals surface area contributed by atoms with Gasteiger partial charge in [0.2, 0.25) is 24.6 Å². The summed E-state index contributed by atoms with van der Waals surface area (Å²) in [5, 5.41) is 5.65. The number of rotatable bonds is 3. The number of carbonyl (C=O) groups excluding carboxylic acids is 2. The van der Waals surface area contributed by atoms with E-state index in [2.05, 4.69) is 32.7 Å². The highest BCUT2D eigenvalue weighted by Gasteiger charge is 2.31. The molecule has 0 saturated carbocycles. The Hall–Kier alpha value is -3.75.